The third-order valence-corrected chi connectivity index (χ3v) is 0. The molecule has 0 aromatic heterocycles. The first kappa shape index (κ1) is 23.5. The molecule has 0 aliphatic heterocycles. The van der Waals surface area contributed by atoms with E-state index < -0.39 is 7.82 Å². The van der Waals surface area contributed by atoms with Gasteiger partial charge in [-0.25, -0.2) is 0 Å². The summed E-state index contributed by atoms with van der Waals surface area (Å²) in [5.74, 6) is 0. The fraction of sp³-hybridized carbons (Fsp3) is 0. The molecule has 6 nitrogen and oxygen atoms in total. The van der Waals surface area contributed by atoms with E-state index in [-0.39, 0.29) is 29.5 Å². The predicted octanol–water partition coefficient (Wildman–Crippen LogP) is -4.48. The van der Waals surface area contributed by atoms with Gasteiger partial charge in [0.2, 0.25) is 0 Å². The molecule has 4 N–H and O–H groups in total. The maximum Gasteiger partial charge on any atom is 3.00 e. The Balaban J connectivity index is -0.0000000267. The Morgan fingerprint density at radius 3 is 1.00 bits per heavy atom. The molecular formula is H4O6PV. The van der Waals surface area contributed by atoms with Gasteiger partial charge in [-0.1, -0.05) is 0 Å². The van der Waals surface area contributed by atoms with Crippen LogP contribution in [0.15, 0.2) is 0 Å². The molecule has 0 aromatic carbocycles. The molecule has 0 rings (SSSR count). The van der Waals surface area contributed by atoms with E-state index in [0.717, 1.165) is 0 Å². The van der Waals surface area contributed by atoms with Crippen LogP contribution in [0.25, 0.3) is 0 Å². The van der Waals surface area contributed by atoms with Crippen molar-refractivity contribution in [1.29, 1.82) is 0 Å². The maximum absolute atomic E-state index is 8.55. The quantitative estimate of drug-likeness (QED) is 0.347. The molecule has 0 aliphatic rings. The zero-order valence-electron chi connectivity index (χ0n) is 3.53. The van der Waals surface area contributed by atoms with Gasteiger partial charge in [0.05, 0.1) is 0 Å². The molecule has 0 heterocycles. The van der Waals surface area contributed by atoms with E-state index in [0.29, 0.717) is 0 Å². The van der Waals surface area contributed by atoms with Crippen LogP contribution >= 0.6 is 7.82 Å². The van der Waals surface area contributed by atoms with Crippen molar-refractivity contribution in [3.63, 3.8) is 0 Å². The number of phosphoric acid groups is 1. The van der Waals surface area contributed by atoms with Crippen LogP contribution in [-0.4, -0.2) is 11.0 Å². The van der Waals surface area contributed by atoms with Crippen molar-refractivity contribution in [1.82, 2.24) is 0 Å². The third-order valence-electron chi connectivity index (χ3n) is 0. The summed E-state index contributed by atoms with van der Waals surface area (Å²) in [5.41, 5.74) is 0. The maximum atomic E-state index is 8.55. The summed E-state index contributed by atoms with van der Waals surface area (Å²) in [4.78, 5) is 25.6. The van der Waals surface area contributed by atoms with Crippen LogP contribution in [0.1, 0.15) is 0 Å². The molecule has 8 heteroatoms. The molecule has 0 saturated heterocycles. The molecule has 0 saturated carbocycles. The standard InChI is InChI=1S/H3O4P.2H2O.V/c1-5(2,3)4;;;/h(H3,1,2,3,4);2*1H2;/q;;;+3/p-3. The summed E-state index contributed by atoms with van der Waals surface area (Å²) in [6.45, 7) is 0. The van der Waals surface area contributed by atoms with Crippen molar-refractivity contribution in [3.8, 4) is 0 Å². The van der Waals surface area contributed by atoms with Crippen LogP contribution in [0.3, 0.4) is 0 Å². The van der Waals surface area contributed by atoms with Crippen molar-refractivity contribution in [2.75, 3.05) is 0 Å². The molecule has 0 aromatic rings. The Labute approximate surface area is 57.3 Å². The molecule has 0 spiro atoms. The minimum Gasteiger partial charge on any atom is -0.822 e. The largest absolute Gasteiger partial charge is 3.00 e. The van der Waals surface area contributed by atoms with Gasteiger partial charge in [-0.05, 0) is 0 Å². The zero-order valence-corrected chi connectivity index (χ0v) is 5.82. The fourth-order valence-electron chi connectivity index (χ4n) is 0. The van der Waals surface area contributed by atoms with Gasteiger partial charge in [-0.15, -0.1) is 0 Å². The first-order chi connectivity index (χ1) is 2.00. The van der Waals surface area contributed by atoms with E-state index >= 15 is 0 Å². The van der Waals surface area contributed by atoms with Gasteiger partial charge in [0, 0.05) is 0 Å². The Hall–Kier alpha value is 0.614. The molecule has 0 fully saturated rings. The first-order valence-electron chi connectivity index (χ1n) is 0.730. The van der Waals surface area contributed by atoms with E-state index in [1.54, 1.807) is 0 Å². The van der Waals surface area contributed by atoms with E-state index in [1.165, 1.54) is 0 Å². The fourth-order valence-corrected chi connectivity index (χ4v) is 0. The number of hydrogen-bond donors (Lipinski definition) is 0. The van der Waals surface area contributed by atoms with Gasteiger partial charge < -0.3 is 30.2 Å². The summed E-state index contributed by atoms with van der Waals surface area (Å²) in [5, 5.41) is 0. The Morgan fingerprint density at radius 1 is 1.00 bits per heavy atom. The van der Waals surface area contributed by atoms with Crippen molar-refractivity contribution < 1.29 is 48.8 Å². The normalized spacial score (nSPS) is 7.38. The summed E-state index contributed by atoms with van der Waals surface area (Å²) in [7, 11) is -5.39. The van der Waals surface area contributed by atoms with Crippen molar-refractivity contribution in [2.45, 2.75) is 0 Å². The molecule has 0 amide bonds. The van der Waals surface area contributed by atoms with Crippen molar-refractivity contribution >= 4 is 7.82 Å². The van der Waals surface area contributed by atoms with Crippen LogP contribution in [0.4, 0.5) is 0 Å². The SMILES string of the molecule is O.O.O=P([O-])([O-])[O-].[V+3]. The molecule has 0 bridgehead atoms. The van der Waals surface area contributed by atoms with Crippen LogP contribution in [-0.2, 0) is 23.1 Å². The molecular weight excluding hydrogens is 178 g/mol. The van der Waals surface area contributed by atoms with Crippen LogP contribution in [0, 0.1) is 0 Å². The molecule has 0 radical (unpaired) electrons. The van der Waals surface area contributed by atoms with E-state index in [4.69, 9.17) is 19.2 Å². The minimum atomic E-state index is -5.39. The molecule has 0 unspecified atom stereocenters. The van der Waals surface area contributed by atoms with Crippen LogP contribution in [0.5, 0.6) is 0 Å². The summed E-state index contributed by atoms with van der Waals surface area (Å²) >= 11 is 0. The molecule has 8 heavy (non-hydrogen) atoms. The van der Waals surface area contributed by atoms with Gasteiger partial charge in [-0.3, -0.25) is 0 Å². The average Bonchev–Trinajstić information content (AvgIpc) is 0.722. The van der Waals surface area contributed by atoms with Gasteiger partial charge >= 0.3 is 18.6 Å². The zero-order chi connectivity index (χ0) is 4.50. The van der Waals surface area contributed by atoms with Gasteiger partial charge in [0.1, 0.15) is 0 Å². The predicted molar refractivity (Wildman–Crippen MR) is 14.8 cm³/mol. The number of rotatable bonds is 0. The Kier molecular flexibility index (Phi) is 22.3. The van der Waals surface area contributed by atoms with Crippen molar-refractivity contribution in [3.05, 3.63) is 0 Å². The van der Waals surface area contributed by atoms with Gasteiger partial charge in [0.25, 0.3) is 0 Å². The van der Waals surface area contributed by atoms with E-state index in [1.807, 2.05) is 0 Å². The van der Waals surface area contributed by atoms with Crippen LogP contribution in [0.2, 0.25) is 0 Å². The summed E-state index contributed by atoms with van der Waals surface area (Å²) in [6.07, 6.45) is 0. The molecule has 0 atom stereocenters. The second-order valence-electron chi connectivity index (χ2n) is 0.447. The first-order valence-corrected chi connectivity index (χ1v) is 2.19. The van der Waals surface area contributed by atoms with Crippen LogP contribution < -0.4 is 14.7 Å². The van der Waals surface area contributed by atoms with Gasteiger partial charge in [0.15, 0.2) is 0 Å². The topological polar surface area (TPSA) is 149 Å². The number of hydrogen-bond acceptors (Lipinski definition) is 4. The Morgan fingerprint density at radius 2 is 1.00 bits per heavy atom. The molecule has 50 valence electrons. The summed E-state index contributed by atoms with van der Waals surface area (Å²) in [6, 6.07) is 0. The van der Waals surface area contributed by atoms with Crippen molar-refractivity contribution in [2.24, 2.45) is 0 Å². The average molecular weight is 182 g/mol. The second kappa shape index (κ2) is 7.61. The third kappa shape index (κ3) is 552. The van der Waals surface area contributed by atoms with E-state index in [2.05, 4.69) is 0 Å². The monoisotopic (exact) mass is 182 g/mol. The second-order valence-corrected chi connectivity index (χ2v) is 1.34. The van der Waals surface area contributed by atoms with Gasteiger partial charge in [-0.2, -0.15) is 7.82 Å². The minimum absolute atomic E-state index is 0. The molecule has 0 aliphatic carbocycles. The smallest absolute Gasteiger partial charge is 0.822 e. The van der Waals surface area contributed by atoms with E-state index in [9.17, 15) is 0 Å². The summed E-state index contributed by atoms with van der Waals surface area (Å²) < 4.78 is 8.55. The Bertz CT molecular complexity index is 54.7.